The van der Waals surface area contributed by atoms with Gasteiger partial charge in [-0.3, -0.25) is 4.79 Å². The summed E-state index contributed by atoms with van der Waals surface area (Å²) in [5, 5.41) is 0.690. The summed E-state index contributed by atoms with van der Waals surface area (Å²) in [5.74, 6) is 0.479. The minimum atomic E-state index is 0.234. The summed E-state index contributed by atoms with van der Waals surface area (Å²) in [6.07, 6.45) is 4.11. The Hall–Kier alpha value is -0.760. The van der Waals surface area contributed by atoms with Gasteiger partial charge in [-0.15, -0.1) is 0 Å². The second-order valence-electron chi connectivity index (χ2n) is 3.86. The van der Waals surface area contributed by atoms with E-state index in [1.54, 1.807) is 6.07 Å². The van der Waals surface area contributed by atoms with Crippen LogP contribution in [-0.2, 0) is 6.42 Å². The van der Waals surface area contributed by atoms with Gasteiger partial charge in [0.1, 0.15) is 0 Å². The molecule has 1 fully saturated rings. The van der Waals surface area contributed by atoms with Crippen molar-refractivity contribution in [1.82, 2.24) is 4.98 Å². The van der Waals surface area contributed by atoms with Crippen molar-refractivity contribution in [3.05, 3.63) is 22.5 Å². The van der Waals surface area contributed by atoms with Gasteiger partial charge in [0.15, 0.2) is 5.78 Å². The third kappa shape index (κ3) is 1.59. The Morgan fingerprint density at radius 2 is 2.36 bits per heavy atom. The van der Waals surface area contributed by atoms with E-state index in [1.165, 1.54) is 6.42 Å². The summed E-state index contributed by atoms with van der Waals surface area (Å²) in [6.45, 7) is 2.02. The average molecular weight is 212 g/mol. The van der Waals surface area contributed by atoms with Crippen LogP contribution in [0.25, 0.3) is 0 Å². The topological polar surface area (TPSA) is 32.9 Å². The number of rotatable bonds is 3. The Balaban J connectivity index is 2.18. The van der Waals surface area contributed by atoms with E-state index in [-0.39, 0.29) is 11.7 Å². The standard InChI is InChI=1S/C11H14ClNO/c1-2-9-8(12)6-10(13-9)11(14)7-4-3-5-7/h6-7,13H,2-5H2,1H3. The highest BCUT2D eigenvalue weighted by Crippen LogP contribution is 2.30. The smallest absolute Gasteiger partial charge is 0.182 e. The average Bonchev–Trinajstić information content (AvgIpc) is 2.43. The van der Waals surface area contributed by atoms with Crippen molar-refractivity contribution in [3.63, 3.8) is 0 Å². The minimum Gasteiger partial charge on any atom is -0.355 e. The van der Waals surface area contributed by atoms with Gasteiger partial charge >= 0.3 is 0 Å². The number of aromatic nitrogens is 1. The van der Waals surface area contributed by atoms with Crippen molar-refractivity contribution in [2.45, 2.75) is 32.6 Å². The van der Waals surface area contributed by atoms with E-state index >= 15 is 0 Å². The van der Waals surface area contributed by atoms with Crippen LogP contribution in [0.4, 0.5) is 0 Å². The fourth-order valence-corrected chi connectivity index (χ4v) is 2.04. The predicted octanol–water partition coefficient (Wildman–Crippen LogP) is 3.21. The molecule has 1 N–H and O–H groups in total. The van der Waals surface area contributed by atoms with Gasteiger partial charge in [0, 0.05) is 11.6 Å². The Kier molecular flexibility index (Phi) is 2.64. The molecule has 0 saturated heterocycles. The van der Waals surface area contributed by atoms with Gasteiger partial charge in [-0.05, 0) is 25.3 Å². The molecule has 0 spiro atoms. The zero-order valence-electron chi connectivity index (χ0n) is 8.27. The molecule has 1 aliphatic carbocycles. The Morgan fingerprint density at radius 1 is 1.64 bits per heavy atom. The van der Waals surface area contributed by atoms with Gasteiger partial charge in [0.05, 0.1) is 10.7 Å². The van der Waals surface area contributed by atoms with Crippen molar-refractivity contribution < 1.29 is 4.79 Å². The van der Waals surface area contributed by atoms with Crippen LogP contribution in [-0.4, -0.2) is 10.8 Å². The van der Waals surface area contributed by atoms with Crippen LogP contribution in [0.15, 0.2) is 6.07 Å². The van der Waals surface area contributed by atoms with Gasteiger partial charge in [-0.2, -0.15) is 0 Å². The molecule has 0 aliphatic heterocycles. The number of halogens is 1. The molecule has 3 heteroatoms. The number of hydrogen-bond acceptors (Lipinski definition) is 1. The lowest BCUT2D eigenvalue weighted by Crippen LogP contribution is -2.22. The number of carbonyl (C=O) groups excluding carboxylic acids is 1. The van der Waals surface area contributed by atoms with Crippen LogP contribution < -0.4 is 0 Å². The maximum atomic E-state index is 11.8. The first-order valence-electron chi connectivity index (χ1n) is 5.14. The van der Waals surface area contributed by atoms with Crippen LogP contribution in [0.5, 0.6) is 0 Å². The van der Waals surface area contributed by atoms with Crippen molar-refractivity contribution >= 4 is 17.4 Å². The molecule has 0 atom stereocenters. The number of nitrogens with one attached hydrogen (secondary N) is 1. The van der Waals surface area contributed by atoms with E-state index in [4.69, 9.17) is 11.6 Å². The number of H-pyrrole nitrogens is 1. The van der Waals surface area contributed by atoms with Crippen LogP contribution in [0.3, 0.4) is 0 Å². The zero-order valence-corrected chi connectivity index (χ0v) is 9.03. The third-order valence-electron chi connectivity index (χ3n) is 2.94. The van der Waals surface area contributed by atoms with Crippen molar-refractivity contribution in [2.24, 2.45) is 5.92 Å². The van der Waals surface area contributed by atoms with Gasteiger partial charge in [0.2, 0.25) is 0 Å². The van der Waals surface area contributed by atoms with Crippen molar-refractivity contribution in [1.29, 1.82) is 0 Å². The third-order valence-corrected chi connectivity index (χ3v) is 3.28. The first kappa shape index (κ1) is 9.78. The predicted molar refractivity (Wildman–Crippen MR) is 56.9 cm³/mol. The first-order valence-corrected chi connectivity index (χ1v) is 5.51. The summed E-state index contributed by atoms with van der Waals surface area (Å²) < 4.78 is 0. The molecule has 1 aromatic rings. The molecule has 2 rings (SSSR count). The highest BCUT2D eigenvalue weighted by molar-refractivity contribution is 6.31. The fraction of sp³-hybridized carbons (Fsp3) is 0.545. The van der Waals surface area contributed by atoms with Gasteiger partial charge in [0.25, 0.3) is 0 Å². The molecule has 1 saturated carbocycles. The number of aryl methyl sites for hydroxylation is 1. The highest BCUT2D eigenvalue weighted by atomic mass is 35.5. The van der Waals surface area contributed by atoms with E-state index < -0.39 is 0 Å². The fourth-order valence-electron chi connectivity index (χ4n) is 1.75. The molecular weight excluding hydrogens is 198 g/mol. The zero-order chi connectivity index (χ0) is 10.1. The molecule has 2 nitrogen and oxygen atoms in total. The normalized spacial score (nSPS) is 16.7. The molecule has 0 unspecified atom stereocenters. The lowest BCUT2D eigenvalue weighted by molar-refractivity contribution is 0.0850. The van der Waals surface area contributed by atoms with E-state index in [1.807, 2.05) is 6.92 Å². The van der Waals surface area contributed by atoms with Crippen LogP contribution in [0.1, 0.15) is 42.4 Å². The summed E-state index contributed by atoms with van der Waals surface area (Å²) in [7, 11) is 0. The Bertz CT molecular complexity index is 352. The summed E-state index contributed by atoms with van der Waals surface area (Å²) in [5.41, 5.74) is 1.66. The maximum Gasteiger partial charge on any atom is 0.182 e. The number of aromatic amines is 1. The molecule has 0 radical (unpaired) electrons. The molecule has 14 heavy (non-hydrogen) atoms. The van der Waals surface area contributed by atoms with E-state index in [0.717, 1.165) is 25.0 Å². The molecule has 76 valence electrons. The van der Waals surface area contributed by atoms with E-state index in [2.05, 4.69) is 4.98 Å². The molecule has 0 amide bonds. The molecular formula is C11H14ClNO. The van der Waals surface area contributed by atoms with Gasteiger partial charge in [-0.25, -0.2) is 0 Å². The monoisotopic (exact) mass is 211 g/mol. The van der Waals surface area contributed by atoms with Crippen LogP contribution in [0.2, 0.25) is 5.02 Å². The number of carbonyl (C=O) groups is 1. The van der Waals surface area contributed by atoms with Crippen LogP contribution >= 0.6 is 11.6 Å². The first-order chi connectivity index (χ1) is 6.72. The SMILES string of the molecule is CCc1[nH]c(C(=O)C2CCC2)cc1Cl. The molecule has 1 aliphatic rings. The second-order valence-corrected chi connectivity index (χ2v) is 4.26. The number of ketones is 1. The second kappa shape index (κ2) is 3.77. The molecule has 0 aromatic carbocycles. The molecule has 0 bridgehead atoms. The highest BCUT2D eigenvalue weighted by Gasteiger charge is 2.27. The molecule has 1 heterocycles. The summed E-state index contributed by atoms with van der Waals surface area (Å²) in [6, 6.07) is 1.76. The summed E-state index contributed by atoms with van der Waals surface area (Å²) in [4.78, 5) is 14.9. The van der Waals surface area contributed by atoms with E-state index in [9.17, 15) is 4.79 Å². The summed E-state index contributed by atoms with van der Waals surface area (Å²) >= 11 is 5.97. The maximum absolute atomic E-state index is 11.8. The van der Waals surface area contributed by atoms with E-state index in [0.29, 0.717) is 10.7 Å². The lowest BCUT2D eigenvalue weighted by Gasteiger charge is -2.22. The van der Waals surface area contributed by atoms with Gasteiger partial charge in [-0.1, -0.05) is 24.9 Å². The number of hydrogen-bond donors (Lipinski definition) is 1. The van der Waals surface area contributed by atoms with Crippen molar-refractivity contribution in [3.8, 4) is 0 Å². The Labute approximate surface area is 88.7 Å². The largest absolute Gasteiger partial charge is 0.355 e. The van der Waals surface area contributed by atoms with Crippen LogP contribution in [0, 0.1) is 5.92 Å². The lowest BCUT2D eigenvalue weighted by atomic mass is 9.81. The minimum absolute atomic E-state index is 0.234. The van der Waals surface area contributed by atoms with Gasteiger partial charge < -0.3 is 4.98 Å². The van der Waals surface area contributed by atoms with Crippen molar-refractivity contribution in [2.75, 3.05) is 0 Å². The molecule has 1 aromatic heterocycles. The number of Topliss-reactive ketones (excluding diaryl/α,β-unsaturated/α-hetero) is 1. The quantitative estimate of drug-likeness (QED) is 0.766. The Morgan fingerprint density at radius 3 is 2.79 bits per heavy atom.